The third-order valence-electron chi connectivity index (χ3n) is 12.3. The van der Waals surface area contributed by atoms with Gasteiger partial charge >= 0.3 is 0 Å². The summed E-state index contributed by atoms with van der Waals surface area (Å²) in [5.41, 5.74) is 18.2. The van der Waals surface area contributed by atoms with Gasteiger partial charge in [-0.25, -0.2) is 4.98 Å². The van der Waals surface area contributed by atoms with Crippen molar-refractivity contribution in [2.45, 2.75) is 0 Å². The molecule has 0 aliphatic carbocycles. The quantitative estimate of drug-likeness (QED) is 0.158. The van der Waals surface area contributed by atoms with Crippen LogP contribution >= 0.6 is 0 Å². The van der Waals surface area contributed by atoms with E-state index in [1.165, 1.54) is 65.9 Å². The number of rotatable bonds is 7. The first kappa shape index (κ1) is 35.7. The van der Waals surface area contributed by atoms with E-state index in [0.29, 0.717) is 0 Å². The molecule has 0 saturated carbocycles. The smallest absolute Gasteiger partial charge is 0.0715 e. The van der Waals surface area contributed by atoms with Crippen LogP contribution in [-0.4, -0.2) is 14.1 Å². The third kappa shape index (κ3) is 6.10. The first-order chi connectivity index (χ1) is 30.7. The zero-order valence-corrected chi connectivity index (χ0v) is 33.9. The lowest BCUT2D eigenvalue weighted by Gasteiger charge is -2.13. The highest BCUT2D eigenvalue weighted by atomic mass is 15.0. The molecule has 0 unspecified atom stereocenters. The highest BCUT2D eigenvalue weighted by molar-refractivity contribution is 6.12. The molecule has 0 fully saturated rings. The zero-order chi connectivity index (χ0) is 41.0. The second-order valence-electron chi connectivity index (χ2n) is 16.0. The predicted octanol–water partition coefficient (Wildman–Crippen LogP) is 15.6. The van der Waals surface area contributed by atoms with Gasteiger partial charge in [0.1, 0.15) is 0 Å². The van der Waals surface area contributed by atoms with Gasteiger partial charge in [-0.15, -0.1) is 0 Å². The van der Waals surface area contributed by atoms with Crippen LogP contribution in [0.25, 0.3) is 111 Å². The summed E-state index contributed by atoms with van der Waals surface area (Å²) < 4.78 is 4.81. The second-order valence-corrected chi connectivity index (χ2v) is 16.0. The van der Waals surface area contributed by atoms with Crippen LogP contribution in [0.15, 0.2) is 237 Å². The first-order valence-electron chi connectivity index (χ1n) is 21.2. The van der Waals surface area contributed by atoms with Gasteiger partial charge in [0, 0.05) is 44.0 Å². The molecule has 0 N–H and O–H groups in total. The van der Waals surface area contributed by atoms with Gasteiger partial charge < -0.3 is 9.13 Å². The molecule has 3 heterocycles. The highest BCUT2D eigenvalue weighted by Crippen LogP contribution is 2.39. The number of fused-ring (bicyclic) bond motifs is 6. The summed E-state index contributed by atoms with van der Waals surface area (Å²) in [5.74, 6) is 0. The molecule has 290 valence electrons. The van der Waals surface area contributed by atoms with E-state index in [1.54, 1.807) is 0 Å². The minimum atomic E-state index is 0.956. The van der Waals surface area contributed by atoms with Crippen molar-refractivity contribution >= 4 is 43.6 Å². The summed E-state index contributed by atoms with van der Waals surface area (Å²) in [7, 11) is 0. The number of pyridine rings is 1. The van der Waals surface area contributed by atoms with Crippen LogP contribution in [-0.2, 0) is 0 Å². The molecule has 3 nitrogen and oxygen atoms in total. The fraction of sp³-hybridized carbons (Fsp3) is 0. The molecule has 0 saturated heterocycles. The van der Waals surface area contributed by atoms with Crippen LogP contribution in [0.5, 0.6) is 0 Å². The Bertz CT molecular complexity index is 3540. The standard InChI is InChI=1S/C59H39N3/c1-4-15-40(16-5-1)41-27-31-48(32-28-41)61-56-25-12-10-23-50(56)52-36-45(29-33-58(52)61)46-30-34-59-53(37-46)51-24-11-13-26-57(51)62(59)49-22-14-21-44(35-49)47-38-54(42-17-6-2-7-18-42)60-55(39-47)43-19-8-3-9-20-43/h1-39H. The fourth-order valence-electron chi connectivity index (χ4n) is 9.33. The van der Waals surface area contributed by atoms with Gasteiger partial charge in [-0.3, -0.25) is 0 Å². The second kappa shape index (κ2) is 14.8. The van der Waals surface area contributed by atoms with E-state index in [-0.39, 0.29) is 0 Å². The minimum absolute atomic E-state index is 0.956. The summed E-state index contributed by atoms with van der Waals surface area (Å²) in [6.07, 6.45) is 0. The van der Waals surface area contributed by atoms with Gasteiger partial charge in [0.25, 0.3) is 0 Å². The largest absolute Gasteiger partial charge is 0.309 e. The molecule has 0 spiro atoms. The summed E-state index contributed by atoms with van der Waals surface area (Å²) in [6, 6.07) is 85.2. The lowest BCUT2D eigenvalue weighted by molar-refractivity contribution is 1.18. The molecule has 3 aromatic heterocycles. The topological polar surface area (TPSA) is 22.8 Å². The van der Waals surface area contributed by atoms with Crippen LogP contribution in [0.3, 0.4) is 0 Å². The van der Waals surface area contributed by atoms with E-state index in [4.69, 9.17) is 4.98 Å². The Morgan fingerprint density at radius 2 is 0.629 bits per heavy atom. The van der Waals surface area contributed by atoms with Gasteiger partial charge in [-0.1, -0.05) is 164 Å². The number of benzene rings is 9. The van der Waals surface area contributed by atoms with Gasteiger partial charge in [-0.05, 0) is 106 Å². The average Bonchev–Trinajstić information content (AvgIpc) is 3.87. The van der Waals surface area contributed by atoms with Crippen molar-refractivity contribution in [3.63, 3.8) is 0 Å². The Morgan fingerprint density at radius 1 is 0.226 bits per heavy atom. The SMILES string of the molecule is c1ccc(-c2ccc(-n3c4ccccc4c4cc(-c5ccc6c(c5)c5ccccc5n6-c5cccc(-c6cc(-c7ccccc7)nc(-c7ccccc7)c6)c5)ccc43)cc2)cc1. The number of hydrogen-bond donors (Lipinski definition) is 0. The van der Waals surface area contributed by atoms with Crippen molar-refractivity contribution < 1.29 is 0 Å². The maximum absolute atomic E-state index is 5.14. The van der Waals surface area contributed by atoms with Crippen LogP contribution < -0.4 is 0 Å². The Labute approximate surface area is 360 Å². The summed E-state index contributed by atoms with van der Waals surface area (Å²) in [5, 5.41) is 4.95. The van der Waals surface area contributed by atoms with Gasteiger partial charge in [0.05, 0.1) is 33.5 Å². The molecule has 0 amide bonds. The average molecular weight is 790 g/mol. The lowest BCUT2D eigenvalue weighted by atomic mass is 9.99. The van der Waals surface area contributed by atoms with Crippen molar-refractivity contribution in [2.24, 2.45) is 0 Å². The van der Waals surface area contributed by atoms with E-state index >= 15 is 0 Å². The number of hydrogen-bond acceptors (Lipinski definition) is 1. The highest BCUT2D eigenvalue weighted by Gasteiger charge is 2.17. The van der Waals surface area contributed by atoms with E-state index < -0.39 is 0 Å². The molecule has 12 rings (SSSR count). The third-order valence-corrected chi connectivity index (χ3v) is 12.3. The van der Waals surface area contributed by atoms with E-state index in [1.807, 2.05) is 0 Å². The Kier molecular flexibility index (Phi) is 8.50. The maximum Gasteiger partial charge on any atom is 0.0715 e. The molecule has 0 bridgehead atoms. The van der Waals surface area contributed by atoms with Crippen molar-refractivity contribution in [1.82, 2.24) is 14.1 Å². The predicted molar refractivity (Wildman–Crippen MR) is 260 cm³/mol. The molecule has 0 atom stereocenters. The molecule has 0 aliphatic heterocycles. The normalized spacial score (nSPS) is 11.5. The van der Waals surface area contributed by atoms with Crippen molar-refractivity contribution in [2.75, 3.05) is 0 Å². The molecule has 62 heavy (non-hydrogen) atoms. The number of nitrogens with zero attached hydrogens (tertiary/aromatic N) is 3. The Morgan fingerprint density at radius 3 is 1.18 bits per heavy atom. The first-order valence-corrected chi connectivity index (χ1v) is 21.2. The van der Waals surface area contributed by atoms with E-state index in [2.05, 4.69) is 246 Å². The van der Waals surface area contributed by atoms with Gasteiger partial charge in [0.15, 0.2) is 0 Å². The molecule has 9 aromatic carbocycles. The fourth-order valence-corrected chi connectivity index (χ4v) is 9.33. The van der Waals surface area contributed by atoms with E-state index in [0.717, 1.165) is 45.0 Å². The summed E-state index contributed by atoms with van der Waals surface area (Å²) >= 11 is 0. The molecule has 0 aliphatic rings. The lowest BCUT2D eigenvalue weighted by Crippen LogP contribution is -1.95. The monoisotopic (exact) mass is 789 g/mol. The number of aromatic nitrogens is 3. The minimum Gasteiger partial charge on any atom is -0.309 e. The van der Waals surface area contributed by atoms with Crippen LogP contribution in [0.2, 0.25) is 0 Å². The summed E-state index contributed by atoms with van der Waals surface area (Å²) in [6.45, 7) is 0. The molecular weight excluding hydrogens is 751 g/mol. The van der Waals surface area contributed by atoms with Gasteiger partial charge in [-0.2, -0.15) is 0 Å². The summed E-state index contributed by atoms with van der Waals surface area (Å²) in [4.78, 5) is 5.14. The van der Waals surface area contributed by atoms with Crippen molar-refractivity contribution in [3.05, 3.63) is 237 Å². The Hall–Kier alpha value is -8.27. The van der Waals surface area contributed by atoms with E-state index in [9.17, 15) is 0 Å². The van der Waals surface area contributed by atoms with Crippen LogP contribution in [0.4, 0.5) is 0 Å². The Balaban J connectivity index is 0.958. The molecular formula is C59H39N3. The van der Waals surface area contributed by atoms with Crippen LogP contribution in [0.1, 0.15) is 0 Å². The molecule has 0 radical (unpaired) electrons. The van der Waals surface area contributed by atoms with Crippen LogP contribution in [0, 0.1) is 0 Å². The molecule has 12 aromatic rings. The molecule has 3 heteroatoms. The maximum atomic E-state index is 5.14. The zero-order valence-electron chi connectivity index (χ0n) is 33.9. The number of para-hydroxylation sites is 2. The van der Waals surface area contributed by atoms with Crippen molar-refractivity contribution in [1.29, 1.82) is 0 Å². The van der Waals surface area contributed by atoms with Gasteiger partial charge in [0.2, 0.25) is 0 Å². The van der Waals surface area contributed by atoms with Crippen molar-refractivity contribution in [3.8, 4) is 67.3 Å².